The summed E-state index contributed by atoms with van der Waals surface area (Å²) in [6.07, 6.45) is 6.35. The molecule has 0 aromatic heterocycles. The van der Waals surface area contributed by atoms with E-state index in [2.05, 4.69) is 56.0 Å². The van der Waals surface area contributed by atoms with Gasteiger partial charge in [-0.1, -0.05) is 63.3 Å². The van der Waals surface area contributed by atoms with Crippen molar-refractivity contribution >= 4 is 17.2 Å². The maximum atomic E-state index is 6.40. The molecule has 146 valence electrons. The van der Waals surface area contributed by atoms with Crippen molar-refractivity contribution in [2.24, 2.45) is 34.3 Å². The third-order valence-corrected chi connectivity index (χ3v) is 9.72. The van der Waals surface area contributed by atoms with E-state index >= 15 is 0 Å². The maximum absolute atomic E-state index is 6.40. The first kappa shape index (κ1) is 18.1. The summed E-state index contributed by atoms with van der Waals surface area (Å²) in [5, 5.41) is 0. The van der Waals surface area contributed by atoms with Crippen LogP contribution >= 0.6 is 12.2 Å². The molecule has 6 atom stereocenters. The Labute approximate surface area is 169 Å². The molecule has 3 heteroatoms. The Morgan fingerprint density at radius 3 is 2.59 bits per heavy atom. The van der Waals surface area contributed by atoms with E-state index in [4.69, 9.17) is 18.0 Å². The molecular weight excluding hydrogens is 348 g/mol. The lowest BCUT2D eigenvalue weighted by Gasteiger charge is -2.50. The van der Waals surface area contributed by atoms with Crippen LogP contribution in [0.2, 0.25) is 0 Å². The quantitative estimate of drug-likeness (QED) is 0.747. The molecule has 2 N–H and O–H groups in total. The molecule has 2 nitrogen and oxygen atoms in total. The van der Waals surface area contributed by atoms with Crippen molar-refractivity contribution in [3.05, 3.63) is 35.9 Å². The zero-order valence-corrected chi connectivity index (χ0v) is 17.9. The lowest BCUT2D eigenvalue weighted by atomic mass is 9.63. The summed E-state index contributed by atoms with van der Waals surface area (Å²) in [6, 6.07) is 11.7. The molecule has 4 bridgehead atoms. The monoisotopic (exact) mass is 382 g/mol. The van der Waals surface area contributed by atoms with Gasteiger partial charge in [0.25, 0.3) is 0 Å². The highest BCUT2D eigenvalue weighted by Crippen LogP contribution is 2.73. The fourth-order valence-electron chi connectivity index (χ4n) is 7.57. The Morgan fingerprint density at radius 2 is 1.89 bits per heavy atom. The Balaban J connectivity index is 1.47. The van der Waals surface area contributed by atoms with Crippen molar-refractivity contribution in [3.8, 4) is 0 Å². The fraction of sp³-hybridized carbons (Fsp3) is 0.708. The molecule has 0 spiro atoms. The SMILES string of the molecule is CC1C2CC3(C(=S)N4CC[C@H](N)C(C)(C)C4)CC1C(c1ccccc1)(C2)C3. The Hall–Kier alpha value is -0.930. The average molecular weight is 383 g/mol. The molecule has 27 heavy (non-hydrogen) atoms. The molecule has 1 aromatic rings. The van der Waals surface area contributed by atoms with Crippen molar-refractivity contribution in [2.75, 3.05) is 13.1 Å². The van der Waals surface area contributed by atoms with Gasteiger partial charge in [-0.15, -0.1) is 0 Å². The zero-order valence-electron chi connectivity index (χ0n) is 17.1. The lowest BCUT2D eigenvalue weighted by Crippen LogP contribution is -2.57. The van der Waals surface area contributed by atoms with Gasteiger partial charge in [0.15, 0.2) is 0 Å². The van der Waals surface area contributed by atoms with Crippen LogP contribution in [-0.2, 0) is 5.41 Å². The van der Waals surface area contributed by atoms with Gasteiger partial charge in [0, 0.05) is 24.5 Å². The van der Waals surface area contributed by atoms with Gasteiger partial charge in [-0.2, -0.15) is 0 Å². The number of hydrogen-bond donors (Lipinski definition) is 1. The van der Waals surface area contributed by atoms with E-state index in [1.165, 1.54) is 30.7 Å². The molecule has 5 unspecified atom stereocenters. The van der Waals surface area contributed by atoms with Crippen LogP contribution in [0.1, 0.15) is 58.4 Å². The molecule has 4 aliphatic carbocycles. The van der Waals surface area contributed by atoms with E-state index < -0.39 is 0 Å². The van der Waals surface area contributed by atoms with Crippen molar-refractivity contribution in [2.45, 2.75) is 64.3 Å². The smallest absolute Gasteiger partial charge is 0.0842 e. The first-order valence-electron chi connectivity index (χ1n) is 10.9. The Bertz CT molecular complexity index is 759. The predicted molar refractivity (Wildman–Crippen MR) is 116 cm³/mol. The van der Waals surface area contributed by atoms with Crippen LogP contribution in [0.4, 0.5) is 0 Å². The van der Waals surface area contributed by atoms with E-state index in [0.29, 0.717) is 11.5 Å². The summed E-state index contributed by atoms with van der Waals surface area (Å²) in [6.45, 7) is 9.22. The standard InChI is InChI=1S/C24H34N2S/c1-16-17-11-23(21(27)26-10-9-20(25)22(2,3)15-26)13-19(16)24(12-17,14-23)18-7-5-4-6-8-18/h4-8,16-17,19-20H,9-15,25H2,1-3H3/t16?,17?,19?,20-,23?,24?/m0/s1. The van der Waals surface area contributed by atoms with E-state index in [-0.39, 0.29) is 10.8 Å². The van der Waals surface area contributed by atoms with Gasteiger partial charge in [0.05, 0.1) is 4.99 Å². The maximum Gasteiger partial charge on any atom is 0.0842 e. The molecule has 4 saturated carbocycles. The van der Waals surface area contributed by atoms with Gasteiger partial charge < -0.3 is 10.6 Å². The molecule has 1 aliphatic heterocycles. The molecule has 1 aromatic carbocycles. The van der Waals surface area contributed by atoms with Crippen molar-refractivity contribution in [3.63, 3.8) is 0 Å². The number of rotatable bonds is 2. The summed E-state index contributed by atoms with van der Waals surface area (Å²) in [7, 11) is 0. The van der Waals surface area contributed by atoms with Crippen LogP contribution < -0.4 is 5.73 Å². The number of hydrogen-bond acceptors (Lipinski definition) is 2. The highest BCUT2D eigenvalue weighted by atomic mass is 32.1. The Kier molecular flexibility index (Phi) is 3.89. The topological polar surface area (TPSA) is 29.3 Å². The molecule has 1 heterocycles. The van der Waals surface area contributed by atoms with Crippen LogP contribution in [0.5, 0.6) is 0 Å². The van der Waals surface area contributed by atoms with Gasteiger partial charge in [0.2, 0.25) is 0 Å². The average Bonchev–Trinajstić information content (AvgIpc) is 3.02. The van der Waals surface area contributed by atoms with Gasteiger partial charge in [-0.05, 0) is 66.3 Å². The summed E-state index contributed by atoms with van der Waals surface area (Å²) in [4.78, 5) is 3.83. The lowest BCUT2D eigenvalue weighted by molar-refractivity contribution is 0.116. The van der Waals surface area contributed by atoms with E-state index in [0.717, 1.165) is 37.3 Å². The number of nitrogens with two attached hydrogens (primary N) is 1. The first-order valence-corrected chi connectivity index (χ1v) is 11.3. The molecule has 5 fully saturated rings. The third kappa shape index (κ3) is 2.43. The van der Waals surface area contributed by atoms with Gasteiger partial charge in [-0.3, -0.25) is 0 Å². The summed E-state index contributed by atoms with van der Waals surface area (Å²) < 4.78 is 0. The minimum absolute atomic E-state index is 0.152. The molecule has 5 aliphatic rings. The molecule has 6 rings (SSSR count). The Morgan fingerprint density at radius 1 is 1.15 bits per heavy atom. The summed E-state index contributed by atoms with van der Waals surface area (Å²) in [5.41, 5.74) is 8.75. The van der Waals surface area contributed by atoms with Crippen LogP contribution in [0.15, 0.2) is 30.3 Å². The number of likely N-dealkylation sites (tertiary alicyclic amines) is 1. The minimum atomic E-state index is 0.152. The highest BCUT2D eigenvalue weighted by molar-refractivity contribution is 7.80. The molecule has 1 saturated heterocycles. The molecule has 0 amide bonds. The fourth-order valence-corrected chi connectivity index (χ4v) is 7.97. The van der Waals surface area contributed by atoms with Gasteiger partial charge >= 0.3 is 0 Å². The number of thiocarbonyl (C=S) groups is 1. The number of piperidine rings is 1. The van der Waals surface area contributed by atoms with E-state index in [1.807, 2.05) is 0 Å². The second kappa shape index (κ2) is 5.79. The molecular formula is C24H34N2S. The van der Waals surface area contributed by atoms with Crippen LogP contribution in [-0.4, -0.2) is 29.0 Å². The third-order valence-electron chi connectivity index (χ3n) is 9.03. The minimum Gasteiger partial charge on any atom is -0.365 e. The van der Waals surface area contributed by atoms with Gasteiger partial charge in [-0.25, -0.2) is 0 Å². The predicted octanol–water partition coefficient (Wildman–Crippen LogP) is 4.77. The van der Waals surface area contributed by atoms with Crippen molar-refractivity contribution < 1.29 is 0 Å². The summed E-state index contributed by atoms with van der Waals surface area (Å²) in [5.74, 6) is 2.49. The normalized spacial score (nSPS) is 44.7. The van der Waals surface area contributed by atoms with Crippen LogP contribution in [0.3, 0.4) is 0 Å². The van der Waals surface area contributed by atoms with Gasteiger partial charge in [0.1, 0.15) is 0 Å². The van der Waals surface area contributed by atoms with E-state index in [1.54, 1.807) is 5.56 Å². The first-order chi connectivity index (χ1) is 12.8. The summed E-state index contributed by atoms with van der Waals surface area (Å²) >= 11 is 6.27. The zero-order chi connectivity index (χ0) is 19.0. The van der Waals surface area contributed by atoms with Crippen molar-refractivity contribution in [1.29, 1.82) is 0 Å². The van der Waals surface area contributed by atoms with E-state index in [9.17, 15) is 0 Å². The highest BCUT2D eigenvalue weighted by Gasteiger charge is 2.68. The number of benzene rings is 1. The largest absolute Gasteiger partial charge is 0.365 e. The van der Waals surface area contributed by atoms with Crippen LogP contribution in [0, 0.1) is 28.6 Å². The second-order valence-electron chi connectivity index (χ2n) is 10.9. The van der Waals surface area contributed by atoms with Crippen molar-refractivity contribution in [1.82, 2.24) is 4.90 Å². The van der Waals surface area contributed by atoms with Crippen LogP contribution in [0.25, 0.3) is 0 Å². The second-order valence-corrected chi connectivity index (χ2v) is 11.3. The number of nitrogens with zero attached hydrogens (tertiary/aromatic N) is 1. The molecule has 0 radical (unpaired) electrons.